The quantitative estimate of drug-likeness (QED) is 0.140. The van der Waals surface area contributed by atoms with Crippen LogP contribution >= 0.6 is 18.2 Å². The number of hydrogen-bond donors (Lipinski definition) is 4. The molecule has 1 unspecified atom stereocenters. The normalized spacial score (nSPS) is 16.0. The number of aliphatic hydroxyl groups is 2. The van der Waals surface area contributed by atoms with Crippen molar-refractivity contribution in [2.24, 2.45) is 0 Å². The molecule has 0 radical (unpaired) electrons. The van der Waals surface area contributed by atoms with Crippen LogP contribution in [-0.4, -0.2) is 63.3 Å². The van der Waals surface area contributed by atoms with Crippen molar-refractivity contribution < 1.29 is 37.9 Å². The summed E-state index contributed by atoms with van der Waals surface area (Å²) in [6.07, 6.45) is 1.60. The molecule has 4 N–H and O–H groups in total. The lowest BCUT2D eigenvalue weighted by molar-refractivity contribution is -0.149. The van der Waals surface area contributed by atoms with Gasteiger partial charge in [-0.3, -0.25) is 19.1 Å². The monoisotopic (exact) mass is 607 g/mol. The van der Waals surface area contributed by atoms with Crippen LogP contribution in [0, 0.1) is 18.2 Å². The molecule has 0 saturated heterocycles. The summed E-state index contributed by atoms with van der Waals surface area (Å²) in [5, 5.41) is 22.6. The van der Waals surface area contributed by atoms with E-state index in [9.17, 15) is 29.0 Å². The van der Waals surface area contributed by atoms with Crippen LogP contribution in [0.2, 0.25) is 5.02 Å². The zero-order valence-electron chi connectivity index (χ0n) is 21.1. The Hall–Kier alpha value is -2.60. The third-order valence-electron chi connectivity index (χ3n) is 4.75. The Labute approximate surface area is 233 Å². The Bertz CT molecular complexity index is 1350. The van der Waals surface area contributed by atoms with E-state index in [4.69, 9.17) is 48.4 Å². The summed E-state index contributed by atoms with van der Waals surface area (Å²) < 4.78 is 36.9. The number of hydrogen-bond acceptors (Lipinski definition) is 10. The molecule has 0 saturated carbocycles. The van der Waals surface area contributed by atoms with E-state index in [2.05, 4.69) is 11.0 Å². The number of aromatic nitrogens is 2. The molecule has 0 aliphatic heterocycles. The summed E-state index contributed by atoms with van der Waals surface area (Å²) in [7, 11) is 0. The lowest BCUT2D eigenvalue weighted by atomic mass is 10.2. The maximum Gasteiger partial charge on any atom is 0.330 e. The van der Waals surface area contributed by atoms with Gasteiger partial charge in [0.15, 0.2) is 6.23 Å². The smallest absolute Gasteiger partial charge is 0.330 e. The predicted octanol–water partition coefficient (Wildman–Crippen LogP) is 1.45. The Kier molecular flexibility index (Phi) is 12.3. The number of terminal acetylenes is 1. The van der Waals surface area contributed by atoms with Crippen molar-refractivity contribution in [2.75, 3.05) is 13.2 Å². The molecule has 214 valence electrons. The second-order valence-corrected chi connectivity index (χ2v) is 11.8. The third-order valence-corrected chi connectivity index (χ3v) is 7.54. The van der Waals surface area contributed by atoms with E-state index < -0.39 is 73.5 Å². The van der Waals surface area contributed by atoms with E-state index in [0.29, 0.717) is 0 Å². The average molecular weight is 608 g/mol. The predicted molar refractivity (Wildman–Crippen MR) is 143 cm³/mol. The van der Waals surface area contributed by atoms with Crippen LogP contribution in [-0.2, 0) is 30.6 Å². The van der Waals surface area contributed by atoms with Gasteiger partial charge in [0.05, 0.1) is 24.3 Å². The first kappa shape index (κ1) is 32.6. The van der Waals surface area contributed by atoms with Crippen LogP contribution in [0.1, 0.15) is 27.0 Å². The maximum atomic E-state index is 13.7. The Morgan fingerprint density at radius 1 is 1.33 bits per heavy atom. The molecule has 0 amide bonds. The molecular weight excluding hydrogens is 580 g/mol. The van der Waals surface area contributed by atoms with Crippen LogP contribution in [0.4, 0.5) is 4.39 Å². The van der Waals surface area contributed by atoms with Crippen LogP contribution in [0.5, 0.6) is 5.75 Å². The molecule has 16 heteroatoms. The van der Waals surface area contributed by atoms with Gasteiger partial charge in [-0.2, -0.15) is 0 Å². The van der Waals surface area contributed by atoms with E-state index in [1.54, 1.807) is 13.8 Å². The molecule has 1 aromatic heterocycles. The minimum atomic E-state index is -3.71. The number of rotatable bonds is 14. The standard InChI is InChI=1S/C23H28ClFN3O9PS/c1-5-18(30)19(36-21(11-29)28-9-8-20(31)26-23(28)33)12-34-38(39,27-14(4)22(32)35-13(2)3)37-15-6-7-17(25)16(24)10-15/h1,6-10,13-14,18-19,21,29-30H,11-12H2,2-4H3,(H,27,39)(H,26,31,33)/t14-,18-,19+,21+,38?/m0/s1. The van der Waals surface area contributed by atoms with Gasteiger partial charge in [-0.25, -0.2) is 14.3 Å². The van der Waals surface area contributed by atoms with E-state index in [1.165, 1.54) is 13.0 Å². The molecule has 2 rings (SSSR count). The first-order valence-corrected chi connectivity index (χ1v) is 14.4. The molecule has 2 aromatic rings. The van der Waals surface area contributed by atoms with Gasteiger partial charge in [-0.15, -0.1) is 6.42 Å². The Morgan fingerprint density at radius 3 is 2.59 bits per heavy atom. The summed E-state index contributed by atoms with van der Waals surface area (Å²) >= 11 is 11.4. The fourth-order valence-corrected chi connectivity index (χ4v) is 5.50. The highest BCUT2D eigenvalue weighted by Gasteiger charge is 2.32. The van der Waals surface area contributed by atoms with Crippen LogP contribution in [0.3, 0.4) is 0 Å². The summed E-state index contributed by atoms with van der Waals surface area (Å²) in [6.45, 7) is -0.270. The van der Waals surface area contributed by atoms with Crippen molar-refractivity contribution >= 4 is 36.0 Å². The molecular formula is C23H28ClFN3O9PS. The number of carbonyl (C=O) groups excluding carboxylic acids is 1. The van der Waals surface area contributed by atoms with E-state index >= 15 is 0 Å². The number of esters is 1. The highest BCUT2D eigenvalue weighted by atomic mass is 35.5. The molecule has 0 fully saturated rings. The second-order valence-electron chi connectivity index (χ2n) is 8.24. The number of nitrogens with one attached hydrogen (secondary N) is 2. The molecule has 12 nitrogen and oxygen atoms in total. The number of nitrogens with zero attached hydrogens (tertiary/aromatic N) is 1. The number of carbonyl (C=O) groups is 1. The van der Waals surface area contributed by atoms with Gasteiger partial charge >= 0.3 is 18.3 Å². The molecule has 39 heavy (non-hydrogen) atoms. The largest absolute Gasteiger partial charge is 0.462 e. The van der Waals surface area contributed by atoms with Crippen molar-refractivity contribution in [1.82, 2.24) is 14.6 Å². The van der Waals surface area contributed by atoms with Gasteiger partial charge in [-0.05, 0) is 44.7 Å². The van der Waals surface area contributed by atoms with E-state index in [-0.39, 0.29) is 10.8 Å². The molecule has 0 spiro atoms. The molecule has 1 heterocycles. The highest BCUT2D eigenvalue weighted by Crippen LogP contribution is 2.46. The summed E-state index contributed by atoms with van der Waals surface area (Å²) in [6, 6.07) is 3.42. The Morgan fingerprint density at radius 2 is 2.03 bits per heavy atom. The molecule has 1 aromatic carbocycles. The number of ether oxygens (including phenoxy) is 2. The van der Waals surface area contributed by atoms with E-state index in [1.807, 2.05) is 4.98 Å². The molecule has 0 aliphatic rings. The average Bonchev–Trinajstić information content (AvgIpc) is 2.86. The number of aromatic amines is 1. The van der Waals surface area contributed by atoms with Crippen LogP contribution in [0.15, 0.2) is 40.1 Å². The third kappa shape index (κ3) is 9.82. The first-order valence-electron chi connectivity index (χ1n) is 11.4. The van der Waals surface area contributed by atoms with Crippen molar-refractivity contribution in [3.8, 4) is 18.1 Å². The number of benzene rings is 1. The second kappa shape index (κ2) is 14.7. The van der Waals surface area contributed by atoms with Gasteiger partial charge in [0.25, 0.3) is 5.56 Å². The summed E-state index contributed by atoms with van der Waals surface area (Å²) in [5.74, 6) is 0.683. The van der Waals surface area contributed by atoms with E-state index in [0.717, 1.165) is 29.0 Å². The Balaban J connectivity index is 2.33. The van der Waals surface area contributed by atoms with Gasteiger partial charge < -0.3 is 28.7 Å². The molecule has 0 aliphatic carbocycles. The van der Waals surface area contributed by atoms with Crippen molar-refractivity contribution in [3.05, 3.63) is 62.1 Å². The maximum absolute atomic E-state index is 13.7. The van der Waals surface area contributed by atoms with Gasteiger partial charge in [0.1, 0.15) is 29.8 Å². The molecule has 0 bridgehead atoms. The number of halogens is 2. The lowest BCUT2D eigenvalue weighted by Crippen LogP contribution is -2.41. The van der Waals surface area contributed by atoms with Crippen molar-refractivity contribution in [2.45, 2.75) is 51.4 Å². The highest BCUT2D eigenvalue weighted by molar-refractivity contribution is 8.09. The number of aliphatic hydroxyl groups excluding tert-OH is 2. The lowest BCUT2D eigenvalue weighted by Gasteiger charge is -2.30. The minimum absolute atomic E-state index is 0.00431. The summed E-state index contributed by atoms with van der Waals surface area (Å²) in [4.78, 5) is 37.9. The fourth-order valence-electron chi connectivity index (χ4n) is 2.92. The summed E-state index contributed by atoms with van der Waals surface area (Å²) in [5.41, 5.74) is -1.57. The SMILES string of the molecule is C#C[C@H](O)[C@@H](COP(=S)(N[C@@H](C)C(=O)OC(C)C)Oc1ccc(F)c(Cl)c1)O[C@H](CO)n1ccc(=O)[nH]c1=O. The molecule has 5 atom stereocenters. The van der Waals surface area contributed by atoms with Gasteiger partial charge in [-0.1, -0.05) is 17.5 Å². The first-order chi connectivity index (χ1) is 18.3. The zero-order chi connectivity index (χ0) is 29.3. The zero-order valence-corrected chi connectivity index (χ0v) is 23.5. The van der Waals surface area contributed by atoms with Crippen LogP contribution < -0.4 is 20.9 Å². The minimum Gasteiger partial charge on any atom is -0.462 e. The van der Waals surface area contributed by atoms with Crippen molar-refractivity contribution in [1.29, 1.82) is 0 Å². The van der Waals surface area contributed by atoms with Crippen molar-refractivity contribution in [3.63, 3.8) is 0 Å². The van der Waals surface area contributed by atoms with Gasteiger partial charge in [0, 0.05) is 18.3 Å². The topological polar surface area (TPSA) is 161 Å². The fraction of sp³-hybridized carbons (Fsp3) is 0.435. The van der Waals surface area contributed by atoms with Crippen LogP contribution in [0.25, 0.3) is 0 Å². The van der Waals surface area contributed by atoms with Gasteiger partial charge in [0.2, 0.25) is 0 Å². The number of H-pyrrole nitrogens is 1.